The molecule has 0 spiro atoms. The first kappa shape index (κ1) is 15.1. The minimum absolute atomic E-state index is 0.0771. The van der Waals surface area contributed by atoms with E-state index in [0.717, 1.165) is 36.7 Å². The monoisotopic (exact) mass is 294 g/mol. The SMILES string of the molecule is CC(C)c1cc(C(=O)N2CCCSCC2)cc(NN)n1. The number of thioether (sulfide) groups is 1. The Morgan fingerprint density at radius 2 is 2.20 bits per heavy atom. The third kappa shape index (κ3) is 3.64. The summed E-state index contributed by atoms with van der Waals surface area (Å²) in [6.45, 7) is 5.75. The summed E-state index contributed by atoms with van der Waals surface area (Å²) in [6.07, 6.45) is 1.06. The minimum Gasteiger partial charge on any atom is -0.338 e. The molecule has 6 heteroatoms. The number of nitrogens with two attached hydrogens (primary N) is 1. The molecule has 1 saturated heterocycles. The van der Waals surface area contributed by atoms with Crippen LogP contribution in [0.15, 0.2) is 12.1 Å². The van der Waals surface area contributed by atoms with E-state index in [1.165, 1.54) is 0 Å². The second kappa shape index (κ2) is 6.95. The van der Waals surface area contributed by atoms with Gasteiger partial charge in [-0.1, -0.05) is 13.8 Å². The number of pyridine rings is 1. The summed E-state index contributed by atoms with van der Waals surface area (Å²) in [6, 6.07) is 3.61. The molecule has 2 rings (SSSR count). The van der Waals surface area contributed by atoms with Crippen molar-refractivity contribution in [3.05, 3.63) is 23.4 Å². The number of nitrogen functional groups attached to an aromatic ring is 1. The molecule has 1 fully saturated rings. The lowest BCUT2D eigenvalue weighted by Crippen LogP contribution is -2.33. The van der Waals surface area contributed by atoms with Crippen LogP contribution < -0.4 is 11.3 Å². The molecule has 20 heavy (non-hydrogen) atoms. The molecule has 3 N–H and O–H groups in total. The number of nitrogens with one attached hydrogen (secondary N) is 1. The molecule has 0 aromatic carbocycles. The zero-order valence-corrected chi connectivity index (χ0v) is 12.9. The molecule has 0 radical (unpaired) electrons. The summed E-state index contributed by atoms with van der Waals surface area (Å²) in [4.78, 5) is 18.9. The molecule has 1 aliphatic heterocycles. The van der Waals surface area contributed by atoms with Gasteiger partial charge in [-0.15, -0.1) is 0 Å². The van der Waals surface area contributed by atoms with Crippen molar-refractivity contribution in [2.45, 2.75) is 26.2 Å². The summed E-state index contributed by atoms with van der Waals surface area (Å²) in [5.41, 5.74) is 4.10. The first-order valence-electron chi connectivity index (χ1n) is 6.97. The first-order valence-corrected chi connectivity index (χ1v) is 8.13. The Balaban J connectivity index is 2.25. The van der Waals surface area contributed by atoms with E-state index in [1.54, 1.807) is 6.07 Å². The Hall–Kier alpha value is -1.27. The van der Waals surface area contributed by atoms with Gasteiger partial charge < -0.3 is 10.3 Å². The highest BCUT2D eigenvalue weighted by atomic mass is 32.2. The summed E-state index contributed by atoms with van der Waals surface area (Å²) >= 11 is 1.91. The minimum atomic E-state index is 0.0771. The molecule has 0 unspecified atom stereocenters. The van der Waals surface area contributed by atoms with Crippen molar-refractivity contribution in [1.29, 1.82) is 0 Å². The fraction of sp³-hybridized carbons (Fsp3) is 0.571. The van der Waals surface area contributed by atoms with Gasteiger partial charge in [-0.05, 0) is 30.2 Å². The van der Waals surface area contributed by atoms with Gasteiger partial charge >= 0.3 is 0 Å². The predicted molar refractivity (Wildman–Crippen MR) is 84.0 cm³/mol. The Morgan fingerprint density at radius 1 is 1.40 bits per heavy atom. The number of carbonyl (C=O) groups excluding carboxylic acids is 1. The van der Waals surface area contributed by atoms with Gasteiger partial charge in [0.25, 0.3) is 5.91 Å². The number of hydrogen-bond donors (Lipinski definition) is 2. The standard InChI is InChI=1S/C14H22N4OS/c1-10(2)12-8-11(9-13(16-12)17-15)14(19)18-4-3-6-20-7-5-18/h8-10H,3-7,15H2,1-2H3,(H,16,17). The van der Waals surface area contributed by atoms with Crippen molar-refractivity contribution in [1.82, 2.24) is 9.88 Å². The lowest BCUT2D eigenvalue weighted by Gasteiger charge is -2.21. The summed E-state index contributed by atoms with van der Waals surface area (Å²) in [5, 5.41) is 0. The number of carbonyl (C=O) groups is 1. The normalized spacial score (nSPS) is 16.1. The van der Waals surface area contributed by atoms with Crippen LogP contribution >= 0.6 is 11.8 Å². The molecule has 1 aromatic rings. The number of hydrazine groups is 1. The quantitative estimate of drug-likeness (QED) is 0.659. The maximum absolute atomic E-state index is 12.6. The van der Waals surface area contributed by atoms with E-state index in [2.05, 4.69) is 24.3 Å². The molecule has 0 atom stereocenters. The molecule has 0 saturated carbocycles. The third-order valence-electron chi connectivity index (χ3n) is 3.34. The molecule has 110 valence electrons. The highest BCUT2D eigenvalue weighted by molar-refractivity contribution is 7.99. The van der Waals surface area contributed by atoms with Gasteiger partial charge in [0.15, 0.2) is 0 Å². The zero-order valence-electron chi connectivity index (χ0n) is 12.1. The Morgan fingerprint density at radius 3 is 2.90 bits per heavy atom. The number of hydrogen-bond acceptors (Lipinski definition) is 5. The van der Waals surface area contributed by atoms with Gasteiger partial charge in [-0.2, -0.15) is 11.8 Å². The van der Waals surface area contributed by atoms with E-state index in [4.69, 9.17) is 5.84 Å². The van der Waals surface area contributed by atoms with Crippen molar-refractivity contribution in [2.75, 3.05) is 30.0 Å². The molecule has 1 aromatic heterocycles. The third-order valence-corrected chi connectivity index (χ3v) is 4.39. The second-order valence-electron chi connectivity index (χ2n) is 5.22. The number of anilines is 1. The van der Waals surface area contributed by atoms with E-state index in [0.29, 0.717) is 11.4 Å². The first-order chi connectivity index (χ1) is 9.61. The maximum Gasteiger partial charge on any atom is 0.254 e. The Kier molecular flexibility index (Phi) is 5.25. The van der Waals surface area contributed by atoms with Crippen LogP contribution in [-0.4, -0.2) is 40.4 Å². The van der Waals surface area contributed by atoms with Crippen LogP contribution in [0.4, 0.5) is 5.82 Å². The van der Waals surface area contributed by atoms with Gasteiger partial charge in [0.2, 0.25) is 0 Å². The highest BCUT2D eigenvalue weighted by Crippen LogP contribution is 2.19. The fourth-order valence-electron chi connectivity index (χ4n) is 2.18. The van der Waals surface area contributed by atoms with Gasteiger partial charge in [-0.25, -0.2) is 10.8 Å². The number of aromatic nitrogens is 1. The van der Waals surface area contributed by atoms with Crippen LogP contribution in [0.1, 0.15) is 42.2 Å². The lowest BCUT2D eigenvalue weighted by atomic mass is 10.1. The topological polar surface area (TPSA) is 71.2 Å². The van der Waals surface area contributed by atoms with E-state index in [1.807, 2.05) is 22.7 Å². The molecule has 0 aliphatic carbocycles. The average Bonchev–Trinajstić information content (AvgIpc) is 2.74. The van der Waals surface area contributed by atoms with Crippen LogP contribution in [0, 0.1) is 0 Å². The summed E-state index contributed by atoms with van der Waals surface area (Å²) in [5.74, 6) is 8.47. The summed E-state index contributed by atoms with van der Waals surface area (Å²) < 4.78 is 0. The van der Waals surface area contributed by atoms with Crippen LogP contribution in [0.25, 0.3) is 0 Å². The fourth-order valence-corrected chi connectivity index (χ4v) is 3.06. The van der Waals surface area contributed by atoms with Crippen molar-refractivity contribution in [3.8, 4) is 0 Å². The molecular weight excluding hydrogens is 272 g/mol. The highest BCUT2D eigenvalue weighted by Gasteiger charge is 2.19. The number of amides is 1. The lowest BCUT2D eigenvalue weighted by molar-refractivity contribution is 0.0768. The molecule has 5 nitrogen and oxygen atoms in total. The van der Waals surface area contributed by atoms with Crippen LogP contribution in [0.3, 0.4) is 0 Å². The predicted octanol–water partition coefficient (Wildman–Crippen LogP) is 2.07. The second-order valence-corrected chi connectivity index (χ2v) is 6.45. The largest absolute Gasteiger partial charge is 0.338 e. The van der Waals surface area contributed by atoms with Crippen molar-refractivity contribution in [3.63, 3.8) is 0 Å². The molecular formula is C14H22N4OS. The molecule has 0 bridgehead atoms. The van der Waals surface area contributed by atoms with E-state index in [-0.39, 0.29) is 11.8 Å². The van der Waals surface area contributed by atoms with Gasteiger partial charge in [0, 0.05) is 30.1 Å². The Labute approximate surface area is 124 Å². The average molecular weight is 294 g/mol. The van der Waals surface area contributed by atoms with Crippen molar-refractivity contribution >= 4 is 23.5 Å². The van der Waals surface area contributed by atoms with E-state index in [9.17, 15) is 4.79 Å². The van der Waals surface area contributed by atoms with Gasteiger partial charge in [-0.3, -0.25) is 4.79 Å². The van der Waals surface area contributed by atoms with Crippen molar-refractivity contribution < 1.29 is 4.79 Å². The number of rotatable bonds is 3. The summed E-state index contributed by atoms with van der Waals surface area (Å²) in [7, 11) is 0. The van der Waals surface area contributed by atoms with Gasteiger partial charge in [0.1, 0.15) is 5.82 Å². The van der Waals surface area contributed by atoms with Crippen LogP contribution in [0.2, 0.25) is 0 Å². The maximum atomic E-state index is 12.6. The molecule has 2 heterocycles. The zero-order chi connectivity index (χ0) is 14.5. The van der Waals surface area contributed by atoms with E-state index >= 15 is 0 Å². The van der Waals surface area contributed by atoms with Crippen LogP contribution in [-0.2, 0) is 0 Å². The van der Waals surface area contributed by atoms with Crippen molar-refractivity contribution in [2.24, 2.45) is 5.84 Å². The molecule has 1 aliphatic rings. The van der Waals surface area contributed by atoms with E-state index < -0.39 is 0 Å². The smallest absolute Gasteiger partial charge is 0.254 e. The van der Waals surface area contributed by atoms with Gasteiger partial charge in [0.05, 0.1) is 0 Å². The van der Waals surface area contributed by atoms with Crippen LogP contribution in [0.5, 0.6) is 0 Å². The molecule has 1 amide bonds. The number of nitrogens with zero attached hydrogens (tertiary/aromatic N) is 2. The Bertz CT molecular complexity index is 470.